The second kappa shape index (κ2) is 6.37. The average Bonchev–Trinajstić information content (AvgIpc) is 2.68. The minimum atomic E-state index is 0.155. The standard InChI is InChI=1S/C15H29N3/c1-7-9-14-13(10-16-15(4,5)6)11-17-18(14)12(3)8-2/h11-12,16H,7-10H2,1-6H3. The van der Waals surface area contributed by atoms with Crippen LogP contribution in [0.1, 0.15) is 71.7 Å². The third-order valence-corrected chi connectivity index (χ3v) is 3.29. The molecular weight excluding hydrogens is 222 g/mol. The van der Waals surface area contributed by atoms with E-state index < -0.39 is 0 Å². The fourth-order valence-corrected chi connectivity index (χ4v) is 2.00. The van der Waals surface area contributed by atoms with Crippen molar-refractivity contribution in [2.75, 3.05) is 0 Å². The Morgan fingerprint density at radius 2 is 2.00 bits per heavy atom. The number of hydrogen-bond acceptors (Lipinski definition) is 2. The van der Waals surface area contributed by atoms with Crippen LogP contribution >= 0.6 is 0 Å². The molecule has 104 valence electrons. The predicted molar refractivity (Wildman–Crippen MR) is 77.8 cm³/mol. The van der Waals surface area contributed by atoms with Crippen LogP contribution < -0.4 is 5.32 Å². The van der Waals surface area contributed by atoms with Crippen LogP contribution in [0.3, 0.4) is 0 Å². The molecule has 1 N–H and O–H groups in total. The Hall–Kier alpha value is -0.830. The van der Waals surface area contributed by atoms with E-state index in [1.807, 2.05) is 6.20 Å². The van der Waals surface area contributed by atoms with Crippen molar-refractivity contribution in [1.29, 1.82) is 0 Å². The van der Waals surface area contributed by atoms with Crippen LogP contribution in [-0.4, -0.2) is 15.3 Å². The Balaban J connectivity index is 2.87. The zero-order valence-corrected chi connectivity index (χ0v) is 12.9. The Labute approximate surface area is 112 Å². The molecule has 18 heavy (non-hydrogen) atoms. The van der Waals surface area contributed by atoms with Crippen LogP contribution in [0.15, 0.2) is 6.20 Å². The normalized spacial score (nSPS) is 13.9. The Morgan fingerprint density at radius 1 is 1.33 bits per heavy atom. The summed E-state index contributed by atoms with van der Waals surface area (Å²) in [6.45, 7) is 14.2. The lowest BCUT2D eigenvalue weighted by atomic mass is 10.1. The first-order valence-corrected chi connectivity index (χ1v) is 7.19. The highest BCUT2D eigenvalue weighted by atomic mass is 15.3. The first-order chi connectivity index (χ1) is 8.39. The van der Waals surface area contributed by atoms with Crippen molar-refractivity contribution in [3.8, 4) is 0 Å². The van der Waals surface area contributed by atoms with Crippen molar-refractivity contribution in [3.05, 3.63) is 17.5 Å². The SMILES string of the molecule is CCCc1c(CNC(C)(C)C)cnn1C(C)CC. The summed E-state index contributed by atoms with van der Waals surface area (Å²) in [4.78, 5) is 0. The predicted octanol–water partition coefficient (Wildman–Crippen LogP) is 3.69. The van der Waals surface area contributed by atoms with Gasteiger partial charge >= 0.3 is 0 Å². The van der Waals surface area contributed by atoms with Gasteiger partial charge in [-0.1, -0.05) is 20.3 Å². The molecule has 1 aromatic rings. The van der Waals surface area contributed by atoms with E-state index >= 15 is 0 Å². The molecule has 1 atom stereocenters. The molecule has 0 bridgehead atoms. The monoisotopic (exact) mass is 251 g/mol. The minimum absolute atomic E-state index is 0.155. The van der Waals surface area contributed by atoms with Gasteiger partial charge in [0.05, 0.1) is 6.20 Å². The fourth-order valence-electron chi connectivity index (χ4n) is 2.00. The van der Waals surface area contributed by atoms with E-state index in [0.717, 1.165) is 19.4 Å². The zero-order valence-electron chi connectivity index (χ0n) is 12.9. The molecule has 0 aliphatic carbocycles. The van der Waals surface area contributed by atoms with Crippen LogP contribution in [-0.2, 0) is 13.0 Å². The van der Waals surface area contributed by atoms with Gasteiger partial charge in [0.1, 0.15) is 0 Å². The summed E-state index contributed by atoms with van der Waals surface area (Å²) in [7, 11) is 0. The molecular formula is C15H29N3. The molecule has 0 fully saturated rings. The molecule has 3 heteroatoms. The van der Waals surface area contributed by atoms with Crippen LogP contribution in [0, 0.1) is 0 Å². The van der Waals surface area contributed by atoms with Gasteiger partial charge in [0, 0.05) is 29.4 Å². The highest BCUT2D eigenvalue weighted by Gasteiger charge is 2.15. The van der Waals surface area contributed by atoms with Crippen molar-refractivity contribution >= 4 is 0 Å². The molecule has 0 amide bonds. The molecule has 1 heterocycles. The molecule has 1 rings (SSSR count). The molecule has 0 aliphatic heterocycles. The number of nitrogens with one attached hydrogen (secondary N) is 1. The maximum absolute atomic E-state index is 4.58. The molecule has 0 saturated heterocycles. The van der Waals surface area contributed by atoms with Crippen LogP contribution in [0.2, 0.25) is 0 Å². The summed E-state index contributed by atoms with van der Waals surface area (Å²) in [6.07, 6.45) is 5.45. The molecule has 1 unspecified atom stereocenters. The minimum Gasteiger partial charge on any atom is -0.308 e. The van der Waals surface area contributed by atoms with Crippen molar-refractivity contribution in [1.82, 2.24) is 15.1 Å². The topological polar surface area (TPSA) is 29.9 Å². The third kappa shape index (κ3) is 4.13. The van der Waals surface area contributed by atoms with Crippen molar-refractivity contribution in [2.45, 2.75) is 78.9 Å². The van der Waals surface area contributed by atoms with Gasteiger partial charge in [0.2, 0.25) is 0 Å². The smallest absolute Gasteiger partial charge is 0.0537 e. The lowest BCUT2D eigenvalue weighted by Gasteiger charge is -2.21. The Kier molecular flexibility index (Phi) is 5.39. The second-order valence-electron chi connectivity index (χ2n) is 6.17. The molecule has 0 spiro atoms. The number of hydrogen-bond donors (Lipinski definition) is 1. The fraction of sp³-hybridized carbons (Fsp3) is 0.800. The van der Waals surface area contributed by atoms with Crippen molar-refractivity contribution < 1.29 is 0 Å². The van der Waals surface area contributed by atoms with Gasteiger partial charge in [0.25, 0.3) is 0 Å². The molecule has 0 radical (unpaired) electrons. The number of aromatic nitrogens is 2. The highest BCUT2D eigenvalue weighted by molar-refractivity contribution is 5.19. The van der Waals surface area contributed by atoms with E-state index in [2.05, 4.69) is 56.6 Å². The average molecular weight is 251 g/mol. The van der Waals surface area contributed by atoms with Crippen molar-refractivity contribution in [2.24, 2.45) is 0 Å². The van der Waals surface area contributed by atoms with Gasteiger partial charge < -0.3 is 5.32 Å². The lowest BCUT2D eigenvalue weighted by molar-refractivity contribution is 0.420. The molecule has 0 aliphatic rings. The van der Waals surface area contributed by atoms with Crippen LogP contribution in [0.5, 0.6) is 0 Å². The maximum Gasteiger partial charge on any atom is 0.0537 e. The first kappa shape index (κ1) is 15.2. The first-order valence-electron chi connectivity index (χ1n) is 7.19. The van der Waals surface area contributed by atoms with E-state index in [9.17, 15) is 0 Å². The summed E-state index contributed by atoms with van der Waals surface area (Å²) >= 11 is 0. The van der Waals surface area contributed by atoms with Gasteiger partial charge in [-0.25, -0.2) is 0 Å². The van der Waals surface area contributed by atoms with E-state index in [4.69, 9.17) is 0 Å². The highest BCUT2D eigenvalue weighted by Crippen LogP contribution is 2.18. The Bertz CT molecular complexity index is 360. The summed E-state index contributed by atoms with van der Waals surface area (Å²) in [5.74, 6) is 0. The van der Waals surface area contributed by atoms with E-state index in [0.29, 0.717) is 6.04 Å². The van der Waals surface area contributed by atoms with E-state index in [-0.39, 0.29) is 5.54 Å². The van der Waals surface area contributed by atoms with Gasteiger partial charge in [-0.2, -0.15) is 5.10 Å². The van der Waals surface area contributed by atoms with Crippen LogP contribution in [0.4, 0.5) is 0 Å². The quantitative estimate of drug-likeness (QED) is 0.835. The van der Waals surface area contributed by atoms with E-state index in [1.54, 1.807) is 0 Å². The third-order valence-electron chi connectivity index (χ3n) is 3.29. The second-order valence-corrected chi connectivity index (χ2v) is 6.17. The lowest BCUT2D eigenvalue weighted by Crippen LogP contribution is -2.35. The largest absolute Gasteiger partial charge is 0.308 e. The number of rotatable bonds is 6. The Morgan fingerprint density at radius 3 is 2.50 bits per heavy atom. The summed E-state index contributed by atoms with van der Waals surface area (Å²) in [6, 6.07) is 0.495. The van der Waals surface area contributed by atoms with Gasteiger partial charge in [-0.05, 0) is 40.5 Å². The number of nitrogens with zero attached hydrogens (tertiary/aromatic N) is 2. The summed E-state index contributed by atoms with van der Waals surface area (Å²) < 4.78 is 2.21. The summed E-state index contributed by atoms with van der Waals surface area (Å²) in [5, 5.41) is 8.14. The summed E-state index contributed by atoms with van der Waals surface area (Å²) in [5.41, 5.74) is 2.91. The van der Waals surface area contributed by atoms with Crippen LogP contribution in [0.25, 0.3) is 0 Å². The van der Waals surface area contributed by atoms with Gasteiger partial charge in [-0.3, -0.25) is 4.68 Å². The zero-order chi connectivity index (χ0) is 13.8. The molecule has 3 nitrogen and oxygen atoms in total. The maximum atomic E-state index is 4.58. The molecule has 0 aromatic carbocycles. The van der Waals surface area contributed by atoms with Gasteiger partial charge in [-0.15, -0.1) is 0 Å². The van der Waals surface area contributed by atoms with Crippen molar-refractivity contribution in [3.63, 3.8) is 0 Å². The van der Waals surface area contributed by atoms with E-state index in [1.165, 1.54) is 17.7 Å². The molecule has 0 saturated carbocycles. The van der Waals surface area contributed by atoms with Gasteiger partial charge in [0.15, 0.2) is 0 Å². The molecule has 1 aromatic heterocycles.